The maximum atomic E-state index is 11.9. The van der Waals surface area contributed by atoms with E-state index in [0.29, 0.717) is 12.8 Å². The smallest absolute Gasteiger partial charge is 0.239 e. The lowest BCUT2D eigenvalue weighted by Crippen LogP contribution is -2.41. The lowest BCUT2D eigenvalue weighted by molar-refractivity contribution is -0.127. The molecule has 0 aromatic carbocycles. The number of amides is 1. The molecule has 0 aliphatic heterocycles. The number of rotatable bonds is 7. The molecular weight excluding hydrogens is 238 g/mol. The molecule has 0 unspecified atom stereocenters. The highest BCUT2D eigenvalue weighted by Crippen LogP contribution is 2.29. The van der Waals surface area contributed by atoms with E-state index in [4.69, 9.17) is 0 Å². The topological polar surface area (TPSA) is 63.2 Å². The standard InChI is InChI=1S/C12H23NO3S/c1-4-5-6-9-12(2,3)11(14)13-17(15,16)10-7-8-10/h10H,4-9H2,1-3H3,(H,13,14). The first-order chi connectivity index (χ1) is 7.79. The van der Waals surface area contributed by atoms with Crippen molar-refractivity contribution in [2.75, 3.05) is 0 Å². The van der Waals surface area contributed by atoms with Gasteiger partial charge in [-0.3, -0.25) is 9.52 Å². The maximum absolute atomic E-state index is 11.9. The van der Waals surface area contributed by atoms with Crippen LogP contribution in [0.15, 0.2) is 0 Å². The third-order valence-electron chi connectivity index (χ3n) is 3.22. The van der Waals surface area contributed by atoms with Gasteiger partial charge >= 0.3 is 0 Å². The van der Waals surface area contributed by atoms with Crippen molar-refractivity contribution < 1.29 is 13.2 Å². The van der Waals surface area contributed by atoms with Gasteiger partial charge < -0.3 is 0 Å². The lowest BCUT2D eigenvalue weighted by atomic mass is 9.86. The number of hydrogen-bond acceptors (Lipinski definition) is 3. The van der Waals surface area contributed by atoms with E-state index in [2.05, 4.69) is 11.6 Å². The Morgan fingerprint density at radius 1 is 1.29 bits per heavy atom. The van der Waals surface area contributed by atoms with Gasteiger partial charge in [0.25, 0.3) is 0 Å². The molecule has 0 atom stereocenters. The minimum Gasteiger partial charge on any atom is -0.273 e. The van der Waals surface area contributed by atoms with Gasteiger partial charge in [-0.1, -0.05) is 40.0 Å². The fourth-order valence-electron chi connectivity index (χ4n) is 1.66. The van der Waals surface area contributed by atoms with Crippen LogP contribution in [-0.2, 0) is 14.8 Å². The van der Waals surface area contributed by atoms with E-state index in [1.807, 2.05) is 0 Å². The van der Waals surface area contributed by atoms with E-state index in [1.54, 1.807) is 13.8 Å². The quantitative estimate of drug-likeness (QED) is 0.715. The Bertz CT molecular complexity index is 369. The molecule has 1 fully saturated rings. The minimum absolute atomic E-state index is 0.335. The number of nitrogens with one attached hydrogen (secondary N) is 1. The van der Waals surface area contributed by atoms with Crippen LogP contribution in [0.4, 0.5) is 0 Å². The highest BCUT2D eigenvalue weighted by Gasteiger charge is 2.39. The Morgan fingerprint density at radius 3 is 2.35 bits per heavy atom. The monoisotopic (exact) mass is 261 g/mol. The first kappa shape index (κ1) is 14.5. The average molecular weight is 261 g/mol. The Kier molecular flexibility index (Phi) is 4.58. The third kappa shape index (κ3) is 4.30. The van der Waals surface area contributed by atoms with Crippen molar-refractivity contribution in [1.29, 1.82) is 0 Å². The molecule has 0 aromatic heterocycles. The average Bonchev–Trinajstić information content (AvgIpc) is 3.00. The molecule has 17 heavy (non-hydrogen) atoms. The van der Waals surface area contributed by atoms with Gasteiger partial charge in [0, 0.05) is 5.41 Å². The Hall–Kier alpha value is -0.580. The Balaban J connectivity index is 2.50. The van der Waals surface area contributed by atoms with Crippen molar-refractivity contribution in [3.63, 3.8) is 0 Å². The summed E-state index contributed by atoms with van der Waals surface area (Å²) in [5.74, 6) is -0.361. The summed E-state index contributed by atoms with van der Waals surface area (Å²) in [5.41, 5.74) is -0.600. The number of carbonyl (C=O) groups is 1. The second-order valence-electron chi connectivity index (χ2n) is 5.52. The van der Waals surface area contributed by atoms with Crippen LogP contribution >= 0.6 is 0 Å². The van der Waals surface area contributed by atoms with Crippen LogP contribution in [0.1, 0.15) is 59.3 Å². The number of sulfonamides is 1. The molecule has 1 rings (SSSR count). The maximum Gasteiger partial charge on any atom is 0.239 e. The van der Waals surface area contributed by atoms with E-state index < -0.39 is 15.4 Å². The van der Waals surface area contributed by atoms with Gasteiger partial charge in [-0.25, -0.2) is 8.42 Å². The summed E-state index contributed by atoms with van der Waals surface area (Å²) in [6, 6.07) is 0. The van der Waals surface area contributed by atoms with Gasteiger partial charge in [-0.15, -0.1) is 0 Å². The first-order valence-electron chi connectivity index (χ1n) is 6.35. The summed E-state index contributed by atoms with van der Waals surface area (Å²) in [4.78, 5) is 11.9. The second-order valence-corrected chi connectivity index (χ2v) is 7.48. The van der Waals surface area contributed by atoms with Crippen molar-refractivity contribution in [2.45, 2.75) is 64.5 Å². The number of carbonyl (C=O) groups excluding carboxylic acids is 1. The van der Waals surface area contributed by atoms with E-state index in [9.17, 15) is 13.2 Å². The molecule has 1 amide bonds. The molecule has 1 saturated carbocycles. The molecule has 0 saturated heterocycles. The first-order valence-corrected chi connectivity index (χ1v) is 7.90. The zero-order valence-corrected chi connectivity index (χ0v) is 11.8. The minimum atomic E-state index is -3.40. The van der Waals surface area contributed by atoms with Gasteiger partial charge in [0.05, 0.1) is 5.25 Å². The van der Waals surface area contributed by atoms with Crippen molar-refractivity contribution in [2.24, 2.45) is 5.41 Å². The molecule has 0 heterocycles. The second kappa shape index (κ2) is 5.38. The largest absolute Gasteiger partial charge is 0.273 e. The molecular formula is C12H23NO3S. The molecule has 0 radical (unpaired) electrons. The van der Waals surface area contributed by atoms with Crippen LogP contribution in [0.2, 0.25) is 0 Å². The molecule has 0 bridgehead atoms. The van der Waals surface area contributed by atoms with Gasteiger partial charge in [0.1, 0.15) is 0 Å². The van der Waals surface area contributed by atoms with Crippen molar-refractivity contribution >= 4 is 15.9 Å². The van der Waals surface area contributed by atoms with Crippen LogP contribution in [0.5, 0.6) is 0 Å². The van der Waals surface area contributed by atoms with Gasteiger partial charge in [-0.2, -0.15) is 0 Å². The molecule has 1 aliphatic rings. The van der Waals surface area contributed by atoms with Gasteiger partial charge in [0.2, 0.25) is 15.9 Å². The predicted molar refractivity (Wildman–Crippen MR) is 68.0 cm³/mol. The fourth-order valence-corrected chi connectivity index (χ4v) is 3.12. The van der Waals surface area contributed by atoms with Crippen molar-refractivity contribution in [3.05, 3.63) is 0 Å². The zero-order valence-electron chi connectivity index (χ0n) is 11.0. The van der Waals surface area contributed by atoms with E-state index in [0.717, 1.165) is 25.7 Å². The predicted octanol–water partition coefficient (Wildman–Crippen LogP) is 2.20. The summed E-state index contributed by atoms with van der Waals surface area (Å²) in [6.45, 7) is 5.71. The lowest BCUT2D eigenvalue weighted by Gasteiger charge is -2.23. The van der Waals surface area contributed by atoms with Gasteiger partial charge in [0.15, 0.2) is 0 Å². The number of hydrogen-bond donors (Lipinski definition) is 1. The third-order valence-corrected chi connectivity index (χ3v) is 5.04. The highest BCUT2D eigenvalue weighted by molar-refractivity contribution is 7.90. The molecule has 1 N–H and O–H groups in total. The van der Waals surface area contributed by atoms with E-state index in [1.165, 1.54) is 0 Å². The molecule has 0 aromatic rings. The van der Waals surface area contributed by atoms with Crippen LogP contribution < -0.4 is 4.72 Å². The van der Waals surface area contributed by atoms with Crippen molar-refractivity contribution in [1.82, 2.24) is 4.72 Å². The molecule has 0 spiro atoms. The molecule has 5 heteroatoms. The normalized spacial score (nSPS) is 16.9. The fraction of sp³-hybridized carbons (Fsp3) is 0.917. The SMILES string of the molecule is CCCCCC(C)(C)C(=O)NS(=O)(=O)C1CC1. The van der Waals surface area contributed by atoms with Crippen molar-refractivity contribution in [3.8, 4) is 0 Å². The summed E-state index contributed by atoms with van der Waals surface area (Å²) in [5, 5.41) is -0.335. The molecule has 100 valence electrons. The summed E-state index contributed by atoms with van der Waals surface area (Å²) in [7, 11) is -3.40. The number of unbranched alkanes of at least 4 members (excludes halogenated alkanes) is 2. The van der Waals surface area contributed by atoms with Crippen LogP contribution in [0.3, 0.4) is 0 Å². The Morgan fingerprint density at radius 2 is 1.88 bits per heavy atom. The molecule has 4 nitrogen and oxygen atoms in total. The Labute approximate surface area is 104 Å². The molecule has 1 aliphatic carbocycles. The highest BCUT2D eigenvalue weighted by atomic mass is 32.2. The summed E-state index contributed by atoms with van der Waals surface area (Å²) in [6.07, 6.45) is 5.22. The van der Waals surface area contributed by atoms with E-state index in [-0.39, 0.29) is 11.2 Å². The van der Waals surface area contributed by atoms with Crippen LogP contribution in [0, 0.1) is 5.41 Å². The zero-order chi connectivity index (χ0) is 13.1. The summed E-state index contributed by atoms with van der Waals surface area (Å²) >= 11 is 0. The van der Waals surface area contributed by atoms with Crippen LogP contribution in [-0.4, -0.2) is 19.6 Å². The van der Waals surface area contributed by atoms with Gasteiger partial charge in [-0.05, 0) is 19.3 Å². The van der Waals surface area contributed by atoms with E-state index >= 15 is 0 Å². The van der Waals surface area contributed by atoms with Crippen LogP contribution in [0.25, 0.3) is 0 Å². The summed E-state index contributed by atoms with van der Waals surface area (Å²) < 4.78 is 25.5.